The molecule has 0 radical (unpaired) electrons. The molecule has 0 saturated heterocycles. The van der Waals surface area contributed by atoms with Crippen LogP contribution in [0.25, 0.3) is 0 Å². The van der Waals surface area contributed by atoms with Crippen LogP contribution in [0.2, 0.25) is 0 Å². The van der Waals surface area contributed by atoms with Crippen molar-refractivity contribution in [2.45, 2.75) is 38.6 Å². The lowest BCUT2D eigenvalue weighted by atomic mass is 10.0. The molecule has 17 heavy (non-hydrogen) atoms. The topological polar surface area (TPSA) is 41.1 Å². The van der Waals surface area contributed by atoms with Crippen molar-refractivity contribution in [2.75, 3.05) is 6.54 Å². The second kappa shape index (κ2) is 4.78. The summed E-state index contributed by atoms with van der Waals surface area (Å²) < 4.78 is 0. The van der Waals surface area contributed by atoms with Crippen molar-refractivity contribution in [3.63, 3.8) is 0 Å². The Morgan fingerprint density at radius 1 is 1.29 bits per heavy atom. The van der Waals surface area contributed by atoms with Gasteiger partial charge in [-0.25, -0.2) is 4.79 Å². The Morgan fingerprint density at radius 3 is 2.47 bits per heavy atom. The van der Waals surface area contributed by atoms with Gasteiger partial charge in [-0.1, -0.05) is 36.8 Å². The predicted octanol–water partition coefficient (Wildman–Crippen LogP) is 2.69. The van der Waals surface area contributed by atoms with Crippen LogP contribution in [0.5, 0.6) is 0 Å². The maximum atomic E-state index is 11.7. The van der Waals surface area contributed by atoms with Crippen molar-refractivity contribution in [3.8, 4) is 0 Å². The van der Waals surface area contributed by atoms with E-state index in [0.717, 1.165) is 25.8 Å². The number of hydrogen-bond acceptors (Lipinski definition) is 1. The lowest BCUT2D eigenvalue weighted by Crippen LogP contribution is -2.42. The third-order valence-corrected chi connectivity index (χ3v) is 3.24. The van der Waals surface area contributed by atoms with Crippen molar-refractivity contribution in [1.29, 1.82) is 0 Å². The fourth-order valence-electron chi connectivity index (χ4n) is 1.98. The van der Waals surface area contributed by atoms with Crippen LogP contribution in [0, 0.1) is 6.92 Å². The third-order valence-electron chi connectivity index (χ3n) is 3.24. The number of rotatable bonds is 4. The number of carbonyl (C=O) groups excluding carboxylic acids is 1. The predicted molar refractivity (Wildman–Crippen MR) is 68.9 cm³/mol. The minimum atomic E-state index is -0.106. The van der Waals surface area contributed by atoms with Crippen LogP contribution < -0.4 is 10.6 Å². The van der Waals surface area contributed by atoms with Gasteiger partial charge in [0.2, 0.25) is 0 Å². The van der Waals surface area contributed by atoms with Gasteiger partial charge in [-0.2, -0.15) is 0 Å². The van der Waals surface area contributed by atoms with Crippen LogP contribution in [0.4, 0.5) is 4.79 Å². The first kappa shape index (κ1) is 12.0. The molecule has 2 rings (SSSR count). The second-order valence-corrected chi connectivity index (χ2v) is 4.83. The van der Waals surface area contributed by atoms with Crippen LogP contribution in [-0.4, -0.2) is 12.6 Å². The molecule has 1 aromatic rings. The highest BCUT2D eigenvalue weighted by molar-refractivity contribution is 5.75. The molecule has 0 aliphatic heterocycles. The monoisotopic (exact) mass is 232 g/mol. The Morgan fingerprint density at radius 2 is 1.94 bits per heavy atom. The van der Waals surface area contributed by atoms with Gasteiger partial charge >= 0.3 is 6.03 Å². The zero-order valence-corrected chi connectivity index (χ0v) is 10.5. The SMILES string of the molecule is CCCNC(=O)NC1(c2ccc(C)cc2)CC1. The van der Waals surface area contributed by atoms with E-state index in [4.69, 9.17) is 0 Å². The maximum Gasteiger partial charge on any atom is 0.315 e. The summed E-state index contributed by atoms with van der Waals surface area (Å²) in [5, 5.41) is 5.95. The van der Waals surface area contributed by atoms with Crippen molar-refractivity contribution in [2.24, 2.45) is 0 Å². The summed E-state index contributed by atoms with van der Waals surface area (Å²) >= 11 is 0. The van der Waals surface area contributed by atoms with E-state index in [9.17, 15) is 4.79 Å². The van der Waals surface area contributed by atoms with Crippen molar-refractivity contribution in [1.82, 2.24) is 10.6 Å². The first-order valence-corrected chi connectivity index (χ1v) is 6.29. The van der Waals surface area contributed by atoms with Crippen molar-refractivity contribution >= 4 is 6.03 Å². The normalized spacial score (nSPS) is 16.4. The zero-order valence-electron chi connectivity index (χ0n) is 10.5. The van der Waals surface area contributed by atoms with E-state index >= 15 is 0 Å². The molecule has 0 unspecified atom stereocenters. The molecule has 0 aromatic heterocycles. The van der Waals surface area contributed by atoms with Crippen LogP contribution in [0.15, 0.2) is 24.3 Å². The molecule has 0 atom stereocenters. The van der Waals surface area contributed by atoms with Gasteiger partial charge in [-0.05, 0) is 31.7 Å². The second-order valence-electron chi connectivity index (χ2n) is 4.83. The summed E-state index contributed by atoms with van der Waals surface area (Å²) in [5.41, 5.74) is 2.36. The molecule has 1 aliphatic carbocycles. The van der Waals surface area contributed by atoms with E-state index in [2.05, 4.69) is 41.8 Å². The molecule has 2 amide bonds. The number of hydrogen-bond donors (Lipinski definition) is 2. The van der Waals surface area contributed by atoms with Gasteiger partial charge in [0.1, 0.15) is 0 Å². The third kappa shape index (κ3) is 2.78. The number of urea groups is 1. The average Bonchev–Trinajstić information content (AvgIpc) is 3.08. The molecule has 0 spiro atoms. The summed E-state index contributed by atoms with van der Waals surface area (Å²) in [4.78, 5) is 11.7. The molecule has 1 saturated carbocycles. The smallest absolute Gasteiger partial charge is 0.315 e. The van der Waals surface area contributed by atoms with Gasteiger partial charge in [-0.3, -0.25) is 0 Å². The molecule has 92 valence electrons. The molecule has 2 N–H and O–H groups in total. The fraction of sp³-hybridized carbons (Fsp3) is 0.500. The number of benzene rings is 1. The molecule has 0 heterocycles. The van der Waals surface area contributed by atoms with E-state index in [1.807, 2.05) is 6.92 Å². The van der Waals surface area contributed by atoms with E-state index in [0.29, 0.717) is 0 Å². The Bertz CT molecular complexity index is 393. The van der Waals surface area contributed by atoms with Crippen LogP contribution >= 0.6 is 0 Å². The molecule has 1 aliphatic rings. The van der Waals surface area contributed by atoms with Crippen LogP contribution in [0.3, 0.4) is 0 Å². The summed E-state index contributed by atoms with van der Waals surface area (Å²) in [5.74, 6) is 0. The Balaban J connectivity index is 2.00. The molecule has 3 nitrogen and oxygen atoms in total. The van der Waals surface area contributed by atoms with E-state index in [1.165, 1.54) is 11.1 Å². The quantitative estimate of drug-likeness (QED) is 0.823. The lowest BCUT2D eigenvalue weighted by molar-refractivity contribution is 0.236. The molecule has 0 bridgehead atoms. The summed E-state index contributed by atoms with van der Waals surface area (Å²) in [7, 11) is 0. The average molecular weight is 232 g/mol. The first-order chi connectivity index (χ1) is 8.16. The fourth-order valence-corrected chi connectivity index (χ4v) is 1.98. The zero-order chi connectivity index (χ0) is 12.3. The van der Waals surface area contributed by atoms with Gasteiger partial charge in [0.15, 0.2) is 0 Å². The van der Waals surface area contributed by atoms with Gasteiger partial charge in [0, 0.05) is 6.54 Å². The van der Waals surface area contributed by atoms with Gasteiger partial charge in [0.25, 0.3) is 0 Å². The molecule has 1 fully saturated rings. The van der Waals surface area contributed by atoms with Gasteiger partial charge in [-0.15, -0.1) is 0 Å². The van der Waals surface area contributed by atoms with Crippen LogP contribution in [0.1, 0.15) is 37.3 Å². The van der Waals surface area contributed by atoms with Crippen LogP contribution in [-0.2, 0) is 5.54 Å². The van der Waals surface area contributed by atoms with E-state index in [1.54, 1.807) is 0 Å². The molecule has 3 heteroatoms. The van der Waals surface area contributed by atoms with E-state index in [-0.39, 0.29) is 11.6 Å². The number of carbonyl (C=O) groups is 1. The van der Waals surface area contributed by atoms with Gasteiger partial charge in [0.05, 0.1) is 5.54 Å². The number of nitrogens with one attached hydrogen (secondary N) is 2. The maximum absolute atomic E-state index is 11.7. The lowest BCUT2D eigenvalue weighted by Gasteiger charge is -2.18. The Kier molecular flexibility index (Phi) is 3.36. The first-order valence-electron chi connectivity index (χ1n) is 6.29. The molecular formula is C14H20N2O. The number of amides is 2. The van der Waals surface area contributed by atoms with Gasteiger partial charge < -0.3 is 10.6 Å². The van der Waals surface area contributed by atoms with Crippen molar-refractivity contribution in [3.05, 3.63) is 35.4 Å². The number of aryl methyl sites for hydroxylation is 1. The highest BCUT2D eigenvalue weighted by Crippen LogP contribution is 2.45. The highest BCUT2D eigenvalue weighted by Gasteiger charge is 2.45. The minimum absolute atomic E-state index is 0.0510. The molecular weight excluding hydrogens is 212 g/mol. The minimum Gasteiger partial charge on any atom is -0.338 e. The van der Waals surface area contributed by atoms with Crippen molar-refractivity contribution < 1.29 is 4.79 Å². The summed E-state index contributed by atoms with van der Waals surface area (Å²) in [6, 6.07) is 8.37. The Labute approximate surface area is 103 Å². The standard InChI is InChI=1S/C14H20N2O/c1-3-10-15-13(17)16-14(8-9-14)12-6-4-11(2)5-7-12/h4-7H,3,8-10H2,1-2H3,(H2,15,16,17). The highest BCUT2D eigenvalue weighted by atomic mass is 16.2. The Hall–Kier alpha value is -1.51. The molecule has 1 aromatic carbocycles. The summed E-state index contributed by atoms with van der Waals surface area (Å²) in [6.07, 6.45) is 3.04. The van der Waals surface area contributed by atoms with E-state index < -0.39 is 0 Å². The largest absolute Gasteiger partial charge is 0.338 e. The summed E-state index contributed by atoms with van der Waals surface area (Å²) in [6.45, 7) is 4.85.